The number of halogens is 1. The number of hydrogen-bond donors (Lipinski definition) is 2. The van der Waals surface area contributed by atoms with Gasteiger partial charge in [0.15, 0.2) is 0 Å². The molecule has 0 aliphatic rings. The molecule has 0 amide bonds. The second-order valence-electron chi connectivity index (χ2n) is 3.18. The Labute approximate surface area is 102 Å². The zero-order chi connectivity index (χ0) is 13.1. The first-order valence-corrected chi connectivity index (χ1v) is 6.77. The Morgan fingerprint density at radius 1 is 1.41 bits per heavy atom. The van der Waals surface area contributed by atoms with Crippen molar-refractivity contribution >= 4 is 38.0 Å². The van der Waals surface area contributed by atoms with E-state index in [0.29, 0.717) is 0 Å². The number of azide groups is 1. The Kier molecular flexibility index (Phi) is 4.38. The van der Waals surface area contributed by atoms with Gasteiger partial charge in [0.25, 0.3) is 0 Å². The number of benzene rings is 1. The van der Waals surface area contributed by atoms with E-state index < -0.39 is 21.9 Å². The summed E-state index contributed by atoms with van der Waals surface area (Å²) in [6.07, 6.45) is 0. The van der Waals surface area contributed by atoms with Crippen LogP contribution in [0, 0.1) is 0 Å². The summed E-state index contributed by atoms with van der Waals surface area (Å²) in [6, 6.07) is 3.78. The summed E-state index contributed by atoms with van der Waals surface area (Å²) in [5, 5.41) is 21.2. The highest BCUT2D eigenvalue weighted by atomic mass is 35.7. The van der Waals surface area contributed by atoms with Gasteiger partial charge >= 0.3 is 7.12 Å². The molecule has 1 aromatic rings. The molecule has 90 valence electrons. The number of hydrogen-bond acceptors (Lipinski definition) is 5. The molecular formula is C7H7BClN3O4S. The van der Waals surface area contributed by atoms with E-state index in [0.717, 1.165) is 0 Å². The van der Waals surface area contributed by atoms with Gasteiger partial charge < -0.3 is 10.0 Å². The fourth-order valence-corrected chi connectivity index (χ4v) is 2.18. The highest BCUT2D eigenvalue weighted by Gasteiger charge is 2.15. The van der Waals surface area contributed by atoms with Gasteiger partial charge in [-0.3, -0.25) is 0 Å². The van der Waals surface area contributed by atoms with Crippen molar-refractivity contribution in [2.45, 2.75) is 5.75 Å². The molecule has 0 aliphatic heterocycles. The molecule has 0 atom stereocenters. The van der Waals surface area contributed by atoms with Crippen molar-refractivity contribution in [2.75, 3.05) is 0 Å². The van der Waals surface area contributed by atoms with E-state index in [9.17, 15) is 8.42 Å². The first kappa shape index (κ1) is 13.8. The largest absolute Gasteiger partial charge is 0.488 e. The summed E-state index contributed by atoms with van der Waals surface area (Å²) in [4.78, 5) is 2.52. The minimum Gasteiger partial charge on any atom is -0.423 e. The maximum Gasteiger partial charge on any atom is 0.488 e. The predicted molar refractivity (Wildman–Crippen MR) is 63.6 cm³/mol. The quantitative estimate of drug-likeness (QED) is 0.271. The van der Waals surface area contributed by atoms with Crippen LogP contribution in [0.2, 0.25) is 0 Å². The molecule has 2 N–H and O–H groups in total. The van der Waals surface area contributed by atoms with Gasteiger partial charge in [-0.15, -0.1) is 0 Å². The van der Waals surface area contributed by atoms with Crippen LogP contribution in [0.4, 0.5) is 5.69 Å². The van der Waals surface area contributed by atoms with Gasteiger partial charge in [0, 0.05) is 21.3 Å². The number of rotatable bonds is 4. The second kappa shape index (κ2) is 5.39. The molecule has 0 radical (unpaired) electrons. The predicted octanol–water partition coefficient (Wildman–Crippen LogP) is 0.377. The van der Waals surface area contributed by atoms with Gasteiger partial charge in [0.2, 0.25) is 9.05 Å². The lowest BCUT2D eigenvalue weighted by Crippen LogP contribution is -2.30. The van der Waals surface area contributed by atoms with E-state index in [1.807, 2.05) is 0 Å². The second-order valence-corrected chi connectivity index (χ2v) is 5.96. The van der Waals surface area contributed by atoms with Crippen LogP contribution in [0.25, 0.3) is 10.4 Å². The molecular weight excluding hydrogens is 268 g/mol. The minimum atomic E-state index is -3.78. The average molecular weight is 275 g/mol. The monoisotopic (exact) mass is 275 g/mol. The molecule has 0 saturated heterocycles. The van der Waals surface area contributed by atoms with E-state index in [-0.39, 0.29) is 16.7 Å². The Morgan fingerprint density at radius 2 is 2.06 bits per heavy atom. The zero-order valence-electron chi connectivity index (χ0n) is 8.36. The van der Waals surface area contributed by atoms with Crippen molar-refractivity contribution in [1.29, 1.82) is 0 Å². The Hall–Kier alpha value is -1.25. The highest BCUT2D eigenvalue weighted by Crippen LogP contribution is 2.16. The molecule has 0 saturated carbocycles. The van der Waals surface area contributed by atoms with Crippen molar-refractivity contribution in [2.24, 2.45) is 5.11 Å². The van der Waals surface area contributed by atoms with E-state index in [1.165, 1.54) is 18.2 Å². The topological polar surface area (TPSA) is 123 Å². The fraction of sp³-hybridized carbons (Fsp3) is 0.143. The van der Waals surface area contributed by atoms with Crippen molar-refractivity contribution in [3.05, 3.63) is 34.2 Å². The van der Waals surface area contributed by atoms with Crippen molar-refractivity contribution in [3.8, 4) is 0 Å². The normalized spacial score (nSPS) is 10.8. The van der Waals surface area contributed by atoms with Crippen LogP contribution >= 0.6 is 10.7 Å². The van der Waals surface area contributed by atoms with Gasteiger partial charge in [-0.25, -0.2) is 8.42 Å². The van der Waals surface area contributed by atoms with Crippen LogP contribution in [-0.2, 0) is 14.8 Å². The molecule has 0 spiro atoms. The maximum absolute atomic E-state index is 10.9. The molecule has 17 heavy (non-hydrogen) atoms. The van der Waals surface area contributed by atoms with E-state index in [2.05, 4.69) is 10.0 Å². The molecule has 0 heterocycles. The zero-order valence-corrected chi connectivity index (χ0v) is 9.93. The van der Waals surface area contributed by atoms with Crippen LogP contribution in [0.3, 0.4) is 0 Å². The van der Waals surface area contributed by atoms with E-state index in [1.54, 1.807) is 0 Å². The molecule has 0 fully saturated rings. The summed E-state index contributed by atoms with van der Waals surface area (Å²) < 4.78 is 21.8. The Morgan fingerprint density at radius 3 is 2.53 bits per heavy atom. The molecule has 0 aliphatic carbocycles. The van der Waals surface area contributed by atoms with E-state index >= 15 is 0 Å². The van der Waals surface area contributed by atoms with Crippen LogP contribution in [0.5, 0.6) is 0 Å². The summed E-state index contributed by atoms with van der Waals surface area (Å²) in [7, 11) is -0.495. The molecule has 0 bridgehead atoms. The minimum absolute atomic E-state index is 0.0187. The lowest BCUT2D eigenvalue weighted by Gasteiger charge is -2.05. The van der Waals surface area contributed by atoms with Crippen LogP contribution in [0.1, 0.15) is 5.56 Å². The molecule has 0 aromatic heterocycles. The fourth-order valence-electron chi connectivity index (χ4n) is 1.24. The Bertz CT molecular complexity index is 570. The van der Waals surface area contributed by atoms with Crippen molar-refractivity contribution in [1.82, 2.24) is 0 Å². The first-order chi connectivity index (χ1) is 7.81. The third-order valence-corrected chi connectivity index (χ3v) is 2.80. The third kappa shape index (κ3) is 4.64. The molecule has 1 aromatic carbocycles. The summed E-state index contributed by atoms with van der Waals surface area (Å²) in [5.74, 6) is -0.497. The molecule has 1 rings (SSSR count). The lowest BCUT2D eigenvalue weighted by molar-refractivity contribution is 0.425. The smallest absolute Gasteiger partial charge is 0.423 e. The van der Waals surface area contributed by atoms with Gasteiger partial charge in [-0.2, -0.15) is 0 Å². The molecule has 0 unspecified atom stereocenters. The van der Waals surface area contributed by atoms with Crippen molar-refractivity contribution in [3.63, 3.8) is 0 Å². The van der Waals surface area contributed by atoms with Gasteiger partial charge in [0.1, 0.15) is 0 Å². The number of nitrogens with zero attached hydrogens (tertiary/aromatic N) is 3. The van der Waals surface area contributed by atoms with Gasteiger partial charge in [0.05, 0.1) is 5.75 Å². The van der Waals surface area contributed by atoms with Crippen molar-refractivity contribution < 1.29 is 18.5 Å². The molecule has 10 heteroatoms. The first-order valence-electron chi connectivity index (χ1n) is 4.29. The van der Waals surface area contributed by atoms with Crippen LogP contribution < -0.4 is 5.46 Å². The molecule has 7 nitrogen and oxygen atoms in total. The summed E-state index contributed by atoms with van der Waals surface area (Å²) in [6.45, 7) is 0. The van der Waals surface area contributed by atoms with Crippen LogP contribution in [-0.4, -0.2) is 25.6 Å². The Balaban J connectivity index is 3.26. The third-order valence-electron chi connectivity index (χ3n) is 1.80. The standard InChI is InChI=1S/C7H7BClN3O4S/c9-17(15,16)4-5-1-6(8(13)14)3-7(2-5)11-12-10/h1-3,13-14H,4H2. The highest BCUT2D eigenvalue weighted by molar-refractivity contribution is 8.13. The SMILES string of the molecule is [N-]=[N+]=Nc1cc(CS(=O)(=O)Cl)cc(B(O)O)c1. The van der Waals surface area contributed by atoms with Gasteiger partial charge in [-0.1, -0.05) is 17.2 Å². The lowest BCUT2D eigenvalue weighted by atomic mass is 9.79. The summed E-state index contributed by atoms with van der Waals surface area (Å²) >= 11 is 0. The average Bonchev–Trinajstić information content (AvgIpc) is 2.14. The maximum atomic E-state index is 10.9. The summed E-state index contributed by atoms with van der Waals surface area (Å²) in [5.41, 5.74) is 8.56. The van der Waals surface area contributed by atoms with Crippen LogP contribution in [0.15, 0.2) is 23.3 Å². The van der Waals surface area contributed by atoms with Gasteiger partial charge in [-0.05, 0) is 22.6 Å². The van der Waals surface area contributed by atoms with E-state index in [4.69, 9.17) is 26.3 Å².